The molecule has 0 aliphatic carbocycles. The van der Waals surface area contributed by atoms with Crippen LogP contribution in [0, 0.1) is 0 Å². The van der Waals surface area contributed by atoms with Gasteiger partial charge < -0.3 is 9.13 Å². The first-order chi connectivity index (χ1) is 26.8. The van der Waals surface area contributed by atoms with E-state index in [2.05, 4.69) is 185 Å². The van der Waals surface area contributed by atoms with Crippen LogP contribution in [0.5, 0.6) is 0 Å². The van der Waals surface area contributed by atoms with Gasteiger partial charge in [0.25, 0.3) is 0 Å². The molecule has 0 unspecified atom stereocenters. The van der Waals surface area contributed by atoms with Crippen LogP contribution in [-0.4, -0.2) is 24.1 Å². The van der Waals surface area contributed by atoms with Gasteiger partial charge in [-0.3, -0.25) is 4.98 Å². The maximum absolute atomic E-state index is 5.44. The fourth-order valence-electron chi connectivity index (χ4n) is 8.27. The normalized spacial score (nSPS) is 11.7. The van der Waals surface area contributed by atoms with Crippen molar-refractivity contribution in [3.05, 3.63) is 188 Å². The average Bonchev–Trinajstić information content (AvgIpc) is 3.77. The molecule has 0 saturated heterocycles. The van der Waals surface area contributed by atoms with E-state index in [0.29, 0.717) is 5.82 Å². The molecular formula is C49H31N5. The van der Waals surface area contributed by atoms with Crippen LogP contribution in [0.2, 0.25) is 0 Å². The molecule has 4 heterocycles. The molecule has 11 rings (SSSR count). The van der Waals surface area contributed by atoms with Crippen LogP contribution in [0.4, 0.5) is 0 Å². The second kappa shape index (κ2) is 12.1. The molecular weight excluding hydrogens is 659 g/mol. The van der Waals surface area contributed by atoms with Gasteiger partial charge in [0.2, 0.25) is 0 Å². The number of nitrogens with zero attached hydrogens (tertiary/aromatic N) is 5. The van der Waals surface area contributed by atoms with Gasteiger partial charge in [-0.2, -0.15) is 0 Å². The van der Waals surface area contributed by atoms with Crippen molar-refractivity contribution < 1.29 is 0 Å². The zero-order valence-corrected chi connectivity index (χ0v) is 29.1. The predicted octanol–water partition coefficient (Wildman–Crippen LogP) is 12.2. The van der Waals surface area contributed by atoms with Crippen LogP contribution in [0.15, 0.2) is 188 Å². The van der Waals surface area contributed by atoms with Gasteiger partial charge in [0, 0.05) is 61.2 Å². The molecule has 0 bridgehead atoms. The number of fused-ring (bicyclic) bond motifs is 7. The minimum Gasteiger partial charge on any atom is -0.309 e. The number of aromatic nitrogens is 5. The van der Waals surface area contributed by atoms with Crippen molar-refractivity contribution >= 4 is 54.5 Å². The Morgan fingerprint density at radius 1 is 0.370 bits per heavy atom. The van der Waals surface area contributed by atoms with Gasteiger partial charge in [-0.25, -0.2) is 9.97 Å². The molecule has 0 fully saturated rings. The maximum atomic E-state index is 5.44. The molecule has 0 radical (unpaired) electrons. The zero-order chi connectivity index (χ0) is 35.6. The molecule has 7 aromatic carbocycles. The second-order valence-corrected chi connectivity index (χ2v) is 13.6. The Morgan fingerprint density at radius 3 is 1.41 bits per heavy atom. The van der Waals surface area contributed by atoms with Crippen LogP contribution in [0.3, 0.4) is 0 Å². The Bertz CT molecular complexity index is 3030. The Hall–Kier alpha value is -7.37. The second-order valence-electron chi connectivity index (χ2n) is 13.6. The van der Waals surface area contributed by atoms with Gasteiger partial charge in [0.15, 0.2) is 5.82 Å². The van der Waals surface area contributed by atoms with E-state index in [1.54, 1.807) is 0 Å². The smallest absolute Gasteiger partial charge is 0.162 e. The van der Waals surface area contributed by atoms with Gasteiger partial charge in [0.05, 0.1) is 39.0 Å². The Balaban J connectivity index is 1.27. The summed E-state index contributed by atoms with van der Waals surface area (Å²) >= 11 is 0. The lowest BCUT2D eigenvalue weighted by molar-refractivity contribution is 1.16. The molecule has 0 spiro atoms. The predicted molar refractivity (Wildman–Crippen MR) is 222 cm³/mol. The highest BCUT2D eigenvalue weighted by Gasteiger charge is 2.22. The van der Waals surface area contributed by atoms with Gasteiger partial charge in [0.1, 0.15) is 0 Å². The van der Waals surface area contributed by atoms with E-state index in [-0.39, 0.29) is 0 Å². The third-order valence-electron chi connectivity index (χ3n) is 10.6. The van der Waals surface area contributed by atoms with Crippen LogP contribution < -0.4 is 0 Å². The number of hydrogen-bond donors (Lipinski definition) is 0. The van der Waals surface area contributed by atoms with Crippen LogP contribution in [-0.2, 0) is 0 Å². The molecule has 54 heavy (non-hydrogen) atoms. The molecule has 0 amide bonds. The standard InChI is InChI=1S/C49H31N5/c1-3-17-33(18-4-1)53-44-28-9-7-21-35(44)37-23-12-25-39(47(37)53)42-31-43(52-49(51-42)41-27-11-15-32-16-14-30-50-46(32)41)40-26-13-24-38-36-22-8-10-29-45(36)54(48(38)40)34-19-5-2-6-20-34/h1-31H. The molecule has 0 saturated carbocycles. The van der Waals surface area contributed by atoms with Crippen LogP contribution in [0.1, 0.15) is 0 Å². The van der Waals surface area contributed by atoms with E-state index in [1.165, 1.54) is 21.5 Å². The lowest BCUT2D eigenvalue weighted by atomic mass is 10.0. The first-order valence-corrected chi connectivity index (χ1v) is 18.2. The first kappa shape index (κ1) is 30.3. The Labute approximate surface area is 311 Å². The average molecular weight is 690 g/mol. The summed E-state index contributed by atoms with van der Waals surface area (Å²) in [7, 11) is 0. The number of rotatable bonds is 5. The summed E-state index contributed by atoms with van der Waals surface area (Å²) < 4.78 is 4.74. The largest absolute Gasteiger partial charge is 0.309 e. The highest BCUT2D eigenvalue weighted by atomic mass is 15.0. The topological polar surface area (TPSA) is 48.5 Å². The van der Waals surface area contributed by atoms with Gasteiger partial charge in [-0.1, -0.05) is 127 Å². The van der Waals surface area contributed by atoms with Crippen LogP contribution >= 0.6 is 0 Å². The number of para-hydroxylation sites is 7. The fraction of sp³-hybridized carbons (Fsp3) is 0. The highest BCUT2D eigenvalue weighted by Crippen LogP contribution is 2.42. The Kier molecular flexibility index (Phi) is 6.79. The monoisotopic (exact) mass is 689 g/mol. The highest BCUT2D eigenvalue weighted by molar-refractivity contribution is 6.15. The molecule has 252 valence electrons. The van der Waals surface area contributed by atoms with Crippen molar-refractivity contribution in [3.63, 3.8) is 0 Å². The summed E-state index contributed by atoms with van der Waals surface area (Å²) in [5.74, 6) is 0.630. The quantitative estimate of drug-likeness (QED) is 0.181. The molecule has 11 aromatic rings. The summed E-state index contributed by atoms with van der Waals surface area (Å²) in [6, 6.07) is 64.1. The van der Waals surface area contributed by atoms with Crippen molar-refractivity contribution in [1.82, 2.24) is 24.1 Å². The summed E-state index contributed by atoms with van der Waals surface area (Å²) in [6.07, 6.45) is 1.84. The van der Waals surface area contributed by atoms with Crippen molar-refractivity contribution in [2.75, 3.05) is 0 Å². The van der Waals surface area contributed by atoms with E-state index in [9.17, 15) is 0 Å². The van der Waals surface area contributed by atoms with Gasteiger partial charge in [-0.15, -0.1) is 0 Å². The minimum absolute atomic E-state index is 0.630. The molecule has 5 heteroatoms. The summed E-state index contributed by atoms with van der Waals surface area (Å²) in [5.41, 5.74) is 12.2. The molecule has 0 aliphatic heterocycles. The van der Waals surface area contributed by atoms with E-state index < -0.39 is 0 Å². The first-order valence-electron chi connectivity index (χ1n) is 18.2. The summed E-state index contributed by atoms with van der Waals surface area (Å²) in [6.45, 7) is 0. The van der Waals surface area contributed by atoms with Gasteiger partial charge in [-0.05, 0) is 54.6 Å². The van der Waals surface area contributed by atoms with Crippen molar-refractivity contribution in [1.29, 1.82) is 0 Å². The SMILES string of the molecule is c1ccc(-n2c3ccccc3c3cccc(-c4cc(-c5cccc6c7ccccc7n(-c7ccccc7)c56)nc(-c5cccc6cccnc56)n4)c32)cc1. The van der Waals surface area contributed by atoms with E-state index in [4.69, 9.17) is 15.0 Å². The Morgan fingerprint density at radius 2 is 0.833 bits per heavy atom. The fourth-order valence-corrected chi connectivity index (χ4v) is 8.27. The van der Waals surface area contributed by atoms with Crippen molar-refractivity contribution in [2.24, 2.45) is 0 Å². The lowest BCUT2D eigenvalue weighted by Gasteiger charge is -2.15. The zero-order valence-electron chi connectivity index (χ0n) is 29.1. The van der Waals surface area contributed by atoms with Gasteiger partial charge >= 0.3 is 0 Å². The molecule has 0 N–H and O–H groups in total. The third-order valence-corrected chi connectivity index (χ3v) is 10.6. The lowest BCUT2D eigenvalue weighted by Crippen LogP contribution is -2.01. The molecule has 4 aromatic heterocycles. The number of benzene rings is 7. The van der Waals surface area contributed by atoms with E-state index >= 15 is 0 Å². The van der Waals surface area contributed by atoms with E-state index in [1.807, 2.05) is 12.3 Å². The minimum atomic E-state index is 0.630. The molecule has 0 atom stereocenters. The van der Waals surface area contributed by atoms with Crippen molar-refractivity contribution in [2.45, 2.75) is 0 Å². The van der Waals surface area contributed by atoms with Crippen molar-refractivity contribution in [3.8, 4) is 45.3 Å². The number of hydrogen-bond acceptors (Lipinski definition) is 3. The third kappa shape index (κ3) is 4.62. The summed E-state index contributed by atoms with van der Waals surface area (Å²) in [4.78, 5) is 15.7. The maximum Gasteiger partial charge on any atom is 0.162 e. The van der Waals surface area contributed by atoms with Crippen LogP contribution in [0.25, 0.3) is 99.8 Å². The summed E-state index contributed by atoms with van der Waals surface area (Å²) in [5, 5.41) is 5.79. The van der Waals surface area contributed by atoms with E-state index in [0.717, 1.165) is 72.4 Å². The molecule has 5 nitrogen and oxygen atoms in total. The molecule has 0 aliphatic rings. The number of pyridine rings is 1.